The maximum Gasteiger partial charge on any atom is 0.257 e. The maximum absolute atomic E-state index is 12.3. The summed E-state index contributed by atoms with van der Waals surface area (Å²) in [4.78, 5) is 14.1. The summed E-state index contributed by atoms with van der Waals surface area (Å²) in [6.07, 6.45) is 4.39. The van der Waals surface area contributed by atoms with E-state index in [-0.39, 0.29) is 5.91 Å². The van der Waals surface area contributed by atoms with Gasteiger partial charge in [-0.05, 0) is 12.5 Å². The van der Waals surface area contributed by atoms with Gasteiger partial charge in [0.25, 0.3) is 5.91 Å². The summed E-state index contributed by atoms with van der Waals surface area (Å²) in [7, 11) is 0. The molecule has 0 aromatic carbocycles. The van der Waals surface area contributed by atoms with Crippen molar-refractivity contribution in [2.45, 2.75) is 33.1 Å². The van der Waals surface area contributed by atoms with Crippen LogP contribution in [-0.4, -0.2) is 30.4 Å². The molecule has 0 unspecified atom stereocenters. The number of carbonyl (C=O) groups excluding carboxylic acids is 1. The Morgan fingerprint density at radius 3 is 2.76 bits per heavy atom. The van der Waals surface area contributed by atoms with Crippen LogP contribution < -0.4 is 5.73 Å². The molecule has 0 radical (unpaired) electrons. The lowest BCUT2D eigenvalue weighted by Gasteiger charge is -2.21. The highest BCUT2D eigenvalue weighted by Gasteiger charge is 2.19. The fourth-order valence-corrected chi connectivity index (χ4v) is 1.80. The number of furan rings is 1. The molecular formula is C13H22N2O2. The third-order valence-electron chi connectivity index (χ3n) is 2.76. The number of amides is 1. The predicted octanol–water partition coefficient (Wildman–Crippen LogP) is 2.04. The fraction of sp³-hybridized carbons (Fsp3) is 0.615. The molecule has 1 amide bonds. The van der Waals surface area contributed by atoms with Crippen LogP contribution in [0.1, 0.15) is 42.8 Å². The number of nitrogens with two attached hydrogens (primary N) is 1. The summed E-state index contributed by atoms with van der Waals surface area (Å²) in [5.41, 5.74) is 6.22. The van der Waals surface area contributed by atoms with E-state index < -0.39 is 0 Å². The first kappa shape index (κ1) is 13.8. The van der Waals surface area contributed by atoms with Gasteiger partial charge in [0.15, 0.2) is 0 Å². The predicted molar refractivity (Wildman–Crippen MR) is 68.0 cm³/mol. The molecule has 0 saturated heterocycles. The number of carbonyl (C=O) groups is 1. The number of aryl methyl sites for hydroxylation is 1. The molecule has 17 heavy (non-hydrogen) atoms. The quantitative estimate of drug-likeness (QED) is 0.790. The van der Waals surface area contributed by atoms with Crippen LogP contribution in [0.25, 0.3) is 0 Å². The Morgan fingerprint density at radius 1 is 1.41 bits per heavy atom. The maximum atomic E-state index is 12.3. The summed E-state index contributed by atoms with van der Waals surface area (Å²) in [5.74, 6) is 0.794. The third kappa shape index (κ3) is 3.60. The SMILES string of the molecule is CCCCN(CCN)C(=O)c1ccoc1CC. The minimum absolute atomic E-state index is 0.0366. The summed E-state index contributed by atoms with van der Waals surface area (Å²) >= 11 is 0. The lowest BCUT2D eigenvalue weighted by Crippen LogP contribution is -2.36. The minimum atomic E-state index is 0.0366. The molecule has 0 atom stereocenters. The number of unbranched alkanes of at least 4 members (excludes halogenated alkanes) is 1. The van der Waals surface area contributed by atoms with E-state index in [0.29, 0.717) is 18.7 Å². The molecule has 1 rings (SSSR count). The van der Waals surface area contributed by atoms with Gasteiger partial charge in [0.1, 0.15) is 5.76 Å². The van der Waals surface area contributed by atoms with E-state index >= 15 is 0 Å². The van der Waals surface area contributed by atoms with Gasteiger partial charge < -0.3 is 15.1 Å². The largest absolute Gasteiger partial charge is 0.469 e. The van der Waals surface area contributed by atoms with Crippen molar-refractivity contribution in [3.8, 4) is 0 Å². The second-order valence-corrected chi connectivity index (χ2v) is 4.05. The summed E-state index contributed by atoms with van der Waals surface area (Å²) in [5, 5.41) is 0. The molecule has 4 nitrogen and oxygen atoms in total. The van der Waals surface area contributed by atoms with Gasteiger partial charge in [0.05, 0.1) is 11.8 Å². The van der Waals surface area contributed by atoms with E-state index in [1.807, 2.05) is 11.8 Å². The normalized spacial score (nSPS) is 10.5. The van der Waals surface area contributed by atoms with E-state index in [4.69, 9.17) is 10.2 Å². The monoisotopic (exact) mass is 238 g/mol. The van der Waals surface area contributed by atoms with E-state index in [2.05, 4.69) is 6.92 Å². The third-order valence-corrected chi connectivity index (χ3v) is 2.76. The molecule has 0 aliphatic carbocycles. The Labute approximate surface area is 103 Å². The van der Waals surface area contributed by atoms with Crippen molar-refractivity contribution in [3.05, 3.63) is 23.7 Å². The van der Waals surface area contributed by atoms with E-state index in [1.165, 1.54) is 0 Å². The molecule has 1 aromatic rings. The van der Waals surface area contributed by atoms with Gasteiger partial charge in [-0.25, -0.2) is 0 Å². The Kier molecular flexibility index (Phi) is 5.77. The standard InChI is InChI=1S/C13H22N2O2/c1-3-5-8-15(9-7-14)13(16)11-6-10-17-12(11)4-2/h6,10H,3-5,7-9,14H2,1-2H3. The van der Waals surface area contributed by atoms with E-state index in [1.54, 1.807) is 12.3 Å². The summed E-state index contributed by atoms with van der Waals surface area (Å²) < 4.78 is 5.29. The molecule has 0 aliphatic rings. The molecular weight excluding hydrogens is 216 g/mol. The zero-order chi connectivity index (χ0) is 12.7. The van der Waals surface area contributed by atoms with Crippen LogP contribution >= 0.6 is 0 Å². The molecule has 1 heterocycles. The smallest absolute Gasteiger partial charge is 0.257 e. The molecule has 0 aliphatic heterocycles. The topological polar surface area (TPSA) is 59.5 Å². The van der Waals surface area contributed by atoms with Gasteiger partial charge in [0.2, 0.25) is 0 Å². The first-order valence-electron chi connectivity index (χ1n) is 6.30. The van der Waals surface area contributed by atoms with Crippen molar-refractivity contribution < 1.29 is 9.21 Å². The fourth-order valence-electron chi connectivity index (χ4n) is 1.80. The first-order chi connectivity index (χ1) is 8.24. The molecule has 96 valence electrons. The second kappa shape index (κ2) is 7.12. The van der Waals surface area contributed by atoms with Crippen LogP contribution in [0.4, 0.5) is 0 Å². The van der Waals surface area contributed by atoms with Gasteiger partial charge >= 0.3 is 0 Å². The zero-order valence-electron chi connectivity index (χ0n) is 10.7. The van der Waals surface area contributed by atoms with Crippen molar-refractivity contribution in [1.29, 1.82) is 0 Å². The number of hydrogen-bond acceptors (Lipinski definition) is 3. The van der Waals surface area contributed by atoms with Crippen LogP contribution in [0.15, 0.2) is 16.7 Å². The molecule has 1 aromatic heterocycles. The number of nitrogens with zero attached hydrogens (tertiary/aromatic N) is 1. The lowest BCUT2D eigenvalue weighted by molar-refractivity contribution is 0.0756. The summed E-state index contributed by atoms with van der Waals surface area (Å²) in [6.45, 7) is 5.96. The van der Waals surface area contributed by atoms with Crippen LogP contribution in [0.5, 0.6) is 0 Å². The second-order valence-electron chi connectivity index (χ2n) is 4.05. The molecule has 0 fully saturated rings. The van der Waals surface area contributed by atoms with Gasteiger partial charge in [-0.15, -0.1) is 0 Å². The number of hydrogen-bond donors (Lipinski definition) is 1. The van der Waals surface area contributed by atoms with Crippen molar-refractivity contribution >= 4 is 5.91 Å². The summed E-state index contributed by atoms with van der Waals surface area (Å²) in [6, 6.07) is 1.75. The number of rotatable bonds is 7. The van der Waals surface area contributed by atoms with Crippen LogP contribution in [0.2, 0.25) is 0 Å². The first-order valence-corrected chi connectivity index (χ1v) is 6.30. The highest BCUT2D eigenvalue weighted by molar-refractivity contribution is 5.95. The van der Waals surface area contributed by atoms with Crippen molar-refractivity contribution in [2.24, 2.45) is 5.73 Å². The zero-order valence-corrected chi connectivity index (χ0v) is 10.7. The van der Waals surface area contributed by atoms with Gasteiger partial charge in [-0.2, -0.15) is 0 Å². The highest BCUT2D eigenvalue weighted by atomic mass is 16.3. The van der Waals surface area contributed by atoms with Gasteiger partial charge in [-0.1, -0.05) is 20.3 Å². The van der Waals surface area contributed by atoms with Crippen LogP contribution in [0, 0.1) is 0 Å². The lowest BCUT2D eigenvalue weighted by atomic mass is 10.2. The highest BCUT2D eigenvalue weighted by Crippen LogP contribution is 2.14. The molecule has 0 bridgehead atoms. The van der Waals surface area contributed by atoms with Crippen LogP contribution in [0.3, 0.4) is 0 Å². The minimum Gasteiger partial charge on any atom is -0.469 e. The Morgan fingerprint density at radius 2 is 2.18 bits per heavy atom. The van der Waals surface area contributed by atoms with Crippen molar-refractivity contribution in [3.63, 3.8) is 0 Å². The molecule has 0 saturated carbocycles. The Balaban J connectivity index is 2.76. The molecule has 4 heteroatoms. The van der Waals surface area contributed by atoms with Gasteiger partial charge in [0, 0.05) is 26.1 Å². The van der Waals surface area contributed by atoms with E-state index in [0.717, 1.165) is 31.6 Å². The van der Waals surface area contributed by atoms with E-state index in [9.17, 15) is 4.79 Å². The van der Waals surface area contributed by atoms with Crippen molar-refractivity contribution in [1.82, 2.24) is 4.90 Å². The Bertz CT molecular complexity index is 347. The molecule has 2 N–H and O–H groups in total. The van der Waals surface area contributed by atoms with Crippen LogP contribution in [-0.2, 0) is 6.42 Å². The molecule has 0 spiro atoms. The average Bonchev–Trinajstić information content (AvgIpc) is 2.81. The van der Waals surface area contributed by atoms with Crippen molar-refractivity contribution in [2.75, 3.05) is 19.6 Å². The van der Waals surface area contributed by atoms with Gasteiger partial charge in [-0.3, -0.25) is 4.79 Å². The average molecular weight is 238 g/mol. The Hall–Kier alpha value is -1.29.